The highest BCUT2D eigenvalue weighted by atomic mass is 19.1. The number of non-ortho nitro benzene ring substituents is 1. The predicted molar refractivity (Wildman–Crippen MR) is 64.9 cm³/mol. The molecule has 0 spiro atoms. The molecule has 0 unspecified atom stereocenters. The summed E-state index contributed by atoms with van der Waals surface area (Å²) in [6.07, 6.45) is 1.44. The third-order valence-electron chi connectivity index (χ3n) is 3.38. The van der Waals surface area contributed by atoms with Crippen LogP contribution in [0.1, 0.15) is 18.4 Å². The summed E-state index contributed by atoms with van der Waals surface area (Å²) in [6, 6.07) is 5.73. The zero-order valence-corrected chi connectivity index (χ0v) is 10.3. The number of nitrogens with zero attached hydrogens (tertiary/aromatic N) is 2. The second-order valence-corrected chi connectivity index (χ2v) is 4.76. The zero-order valence-electron chi connectivity index (χ0n) is 10.3. The van der Waals surface area contributed by atoms with E-state index in [1.165, 1.54) is 12.1 Å². The minimum absolute atomic E-state index is 0.282. The van der Waals surface area contributed by atoms with Crippen LogP contribution in [0.4, 0.5) is 10.1 Å². The molecule has 100 valence electrons. The van der Waals surface area contributed by atoms with E-state index < -0.39 is 16.2 Å². The van der Waals surface area contributed by atoms with Gasteiger partial charge in [-0.25, -0.2) is 4.39 Å². The normalized spacial score (nSPS) is 17.7. The summed E-state index contributed by atoms with van der Waals surface area (Å²) in [7, 11) is 0. The van der Waals surface area contributed by atoms with Gasteiger partial charge in [-0.1, -0.05) is 0 Å². The monoisotopic (exact) mass is 264 g/mol. The molecule has 0 atom stereocenters. The van der Waals surface area contributed by atoms with Crippen molar-refractivity contribution >= 4 is 5.69 Å². The third kappa shape index (κ3) is 3.06. The first-order valence-electron chi connectivity index (χ1n) is 5.97. The molecule has 2 rings (SSSR count). The number of nitriles is 1. The number of benzene rings is 1. The molecule has 0 saturated carbocycles. The Morgan fingerprint density at radius 2 is 2.11 bits per heavy atom. The topological polar surface area (TPSA) is 76.2 Å². The van der Waals surface area contributed by atoms with Gasteiger partial charge in [0.05, 0.1) is 22.5 Å². The fourth-order valence-corrected chi connectivity index (χ4v) is 2.32. The van der Waals surface area contributed by atoms with Gasteiger partial charge in [0.2, 0.25) is 0 Å². The third-order valence-corrected chi connectivity index (χ3v) is 3.38. The molecule has 5 nitrogen and oxygen atoms in total. The number of nitro benzene ring substituents is 1. The van der Waals surface area contributed by atoms with Crippen LogP contribution >= 0.6 is 0 Å². The van der Waals surface area contributed by atoms with Crippen molar-refractivity contribution in [2.45, 2.75) is 19.3 Å². The summed E-state index contributed by atoms with van der Waals surface area (Å²) in [5, 5.41) is 20.0. The van der Waals surface area contributed by atoms with E-state index in [1.807, 2.05) is 0 Å². The van der Waals surface area contributed by atoms with E-state index in [4.69, 9.17) is 4.74 Å². The van der Waals surface area contributed by atoms with Crippen LogP contribution in [0.25, 0.3) is 0 Å². The van der Waals surface area contributed by atoms with Gasteiger partial charge in [-0.05, 0) is 30.9 Å². The molecule has 1 heterocycles. The molecular weight excluding hydrogens is 251 g/mol. The number of ether oxygens (including phenoxy) is 1. The van der Waals surface area contributed by atoms with Crippen molar-refractivity contribution in [3.8, 4) is 6.07 Å². The highest BCUT2D eigenvalue weighted by molar-refractivity contribution is 5.36. The Labute approximate surface area is 109 Å². The lowest BCUT2D eigenvalue weighted by atomic mass is 9.76. The quantitative estimate of drug-likeness (QED) is 0.621. The average Bonchev–Trinajstić information content (AvgIpc) is 2.39. The molecular formula is C13H13FN2O3. The number of hydrogen-bond donors (Lipinski definition) is 0. The number of nitro groups is 1. The van der Waals surface area contributed by atoms with Crippen LogP contribution in [-0.2, 0) is 11.2 Å². The number of rotatable bonds is 3. The van der Waals surface area contributed by atoms with Crippen LogP contribution in [-0.4, -0.2) is 18.1 Å². The lowest BCUT2D eigenvalue weighted by molar-refractivity contribution is -0.385. The molecule has 19 heavy (non-hydrogen) atoms. The molecule has 6 heteroatoms. The Morgan fingerprint density at radius 1 is 1.42 bits per heavy atom. The maximum absolute atomic E-state index is 13.4. The fourth-order valence-electron chi connectivity index (χ4n) is 2.32. The van der Waals surface area contributed by atoms with Crippen molar-refractivity contribution in [2.24, 2.45) is 5.41 Å². The lowest BCUT2D eigenvalue weighted by Crippen LogP contribution is -2.30. The molecule has 0 aromatic heterocycles. The Bertz CT molecular complexity index is 533. The molecule has 1 fully saturated rings. The Hall–Kier alpha value is -2.00. The molecule has 1 saturated heterocycles. The van der Waals surface area contributed by atoms with E-state index in [0.717, 1.165) is 6.07 Å². The Balaban J connectivity index is 2.27. The van der Waals surface area contributed by atoms with Crippen LogP contribution in [0, 0.1) is 32.7 Å². The standard InChI is InChI=1S/C13H13FN2O3/c14-11-5-10(6-12(7-11)16(17)18)8-13(9-15)1-3-19-4-2-13/h5-7H,1-4,8H2. The van der Waals surface area contributed by atoms with Crippen LogP contribution in [0.3, 0.4) is 0 Å². The SMILES string of the molecule is N#CC1(Cc2cc(F)cc([N+](=O)[O-])c2)CCOCC1. The number of halogens is 1. The summed E-state index contributed by atoms with van der Waals surface area (Å²) >= 11 is 0. The van der Waals surface area contributed by atoms with Crippen molar-refractivity contribution in [1.82, 2.24) is 0 Å². The first-order valence-corrected chi connectivity index (χ1v) is 5.97. The van der Waals surface area contributed by atoms with E-state index >= 15 is 0 Å². The largest absolute Gasteiger partial charge is 0.381 e. The van der Waals surface area contributed by atoms with E-state index in [1.54, 1.807) is 0 Å². The highest BCUT2D eigenvalue weighted by Gasteiger charge is 2.33. The van der Waals surface area contributed by atoms with E-state index in [9.17, 15) is 19.8 Å². The van der Waals surface area contributed by atoms with Crippen molar-refractivity contribution in [3.63, 3.8) is 0 Å². The van der Waals surface area contributed by atoms with Crippen LogP contribution in [0.15, 0.2) is 18.2 Å². The molecule has 0 amide bonds. The Morgan fingerprint density at radius 3 is 2.68 bits per heavy atom. The lowest BCUT2D eigenvalue weighted by Gasteiger charge is -2.30. The molecule has 1 aromatic carbocycles. The van der Waals surface area contributed by atoms with Gasteiger partial charge in [-0.15, -0.1) is 0 Å². The maximum atomic E-state index is 13.4. The van der Waals surface area contributed by atoms with Gasteiger partial charge >= 0.3 is 0 Å². The van der Waals surface area contributed by atoms with Crippen molar-refractivity contribution in [3.05, 3.63) is 39.7 Å². The molecule has 1 aliphatic heterocycles. The van der Waals surface area contributed by atoms with E-state index in [0.29, 0.717) is 38.0 Å². The smallest absolute Gasteiger partial charge is 0.272 e. The van der Waals surface area contributed by atoms with Gasteiger partial charge in [0, 0.05) is 19.3 Å². The summed E-state index contributed by atoms with van der Waals surface area (Å²) < 4.78 is 18.6. The van der Waals surface area contributed by atoms with Crippen molar-refractivity contribution < 1.29 is 14.1 Å². The molecule has 0 N–H and O–H groups in total. The van der Waals surface area contributed by atoms with Crippen LogP contribution in [0.2, 0.25) is 0 Å². The fraction of sp³-hybridized carbons (Fsp3) is 0.462. The van der Waals surface area contributed by atoms with Gasteiger partial charge in [0.1, 0.15) is 5.82 Å². The molecule has 0 radical (unpaired) electrons. The zero-order chi connectivity index (χ0) is 13.9. The summed E-state index contributed by atoms with van der Waals surface area (Å²) in [4.78, 5) is 10.1. The van der Waals surface area contributed by atoms with Gasteiger partial charge in [-0.2, -0.15) is 5.26 Å². The molecule has 0 bridgehead atoms. The van der Waals surface area contributed by atoms with E-state index in [-0.39, 0.29) is 5.69 Å². The van der Waals surface area contributed by atoms with Crippen LogP contribution < -0.4 is 0 Å². The van der Waals surface area contributed by atoms with Gasteiger partial charge in [0.15, 0.2) is 0 Å². The summed E-state index contributed by atoms with van der Waals surface area (Å²) in [5.41, 5.74) is -0.412. The van der Waals surface area contributed by atoms with Crippen LogP contribution in [0.5, 0.6) is 0 Å². The second-order valence-electron chi connectivity index (χ2n) is 4.76. The minimum atomic E-state index is -0.649. The van der Waals surface area contributed by atoms with Crippen molar-refractivity contribution in [1.29, 1.82) is 5.26 Å². The summed E-state index contributed by atoms with van der Waals surface area (Å²) in [5.74, 6) is -0.649. The molecule has 1 aromatic rings. The average molecular weight is 264 g/mol. The van der Waals surface area contributed by atoms with Gasteiger partial charge in [0.25, 0.3) is 5.69 Å². The van der Waals surface area contributed by atoms with E-state index in [2.05, 4.69) is 6.07 Å². The number of hydrogen-bond acceptors (Lipinski definition) is 4. The first kappa shape index (κ1) is 13.4. The van der Waals surface area contributed by atoms with Gasteiger partial charge in [-0.3, -0.25) is 10.1 Å². The highest BCUT2D eigenvalue weighted by Crippen LogP contribution is 2.34. The maximum Gasteiger partial charge on any atom is 0.272 e. The van der Waals surface area contributed by atoms with Crippen molar-refractivity contribution in [2.75, 3.05) is 13.2 Å². The molecule has 1 aliphatic rings. The summed E-state index contributed by atoms with van der Waals surface area (Å²) in [6.45, 7) is 0.982. The first-order chi connectivity index (χ1) is 9.04. The van der Waals surface area contributed by atoms with Gasteiger partial charge < -0.3 is 4.74 Å². The second kappa shape index (κ2) is 5.33. The molecule has 0 aliphatic carbocycles. The minimum Gasteiger partial charge on any atom is -0.381 e. The Kier molecular flexibility index (Phi) is 3.76. The predicted octanol–water partition coefficient (Wildman–Crippen LogP) is 2.60.